The highest BCUT2D eigenvalue weighted by Crippen LogP contribution is 2.17. The number of nitrogen functional groups attached to an aromatic ring is 1. The van der Waals surface area contributed by atoms with Crippen molar-refractivity contribution < 1.29 is 4.79 Å². The quantitative estimate of drug-likeness (QED) is 0.873. The third kappa shape index (κ3) is 3.54. The summed E-state index contributed by atoms with van der Waals surface area (Å²) in [6.07, 6.45) is 1.43. The molecular weight excluding hydrogens is 242 g/mol. The number of carbonyl (C=O) groups excluding carboxylic acids is 1. The molecule has 0 saturated heterocycles. The molecule has 2 aromatic rings. The summed E-state index contributed by atoms with van der Waals surface area (Å²) < 4.78 is 1.40. The van der Waals surface area contributed by atoms with Gasteiger partial charge in [-0.1, -0.05) is 26.0 Å². The van der Waals surface area contributed by atoms with E-state index in [9.17, 15) is 4.79 Å². The van der Waals surface area contributed by atoms with Gasteiger partial charge in [0, 0.05) is 5.69 Å². The summed E-state index contributed by atoms with van der Waals surface area (Å²) in [5, 5.41) is 6.65. The Balaban J connectivity index is 1.95. The Labute approximate surface area is 111 Å². The van der Waals surface area contributed by atoms with Crippen molar-refractivity contribution in [1.82, 2.24) is 14.8 Å². The van der Waals surface area contributed by atoms with Crippen molar-refractivity contribution >= 4 is 17.5 Å². The lowest BCUT2D eigenvalue weighted by atomic mass is 10.0. The van der Waals surface area contributed by atoms with Gasteiger partial charge in [0.15, 0.2) is 0 Å². The van der Waals surface area contributed by atoms with Crippen LogP contribution in [0.15, 0.2) is 30.6 Å². The number of nitrogens with zero attached hydrogens (tertiary/aromatic N) is 3. The van der Waals surface area contributed by atoms with Crippen LogP contribution in [0, 0.1) is 0 Å². The van der Waals surface area contributed by atoms with Crippen LogP contribution in [0.4, 0.5) is 11.6 Å². The summed E-state index contributed by atoms with van der Waals surface area (Å²) >= 11 is 0. The fourth-order valence-corrected chi connectivity index (χ4v) is 1.68. The van der Waals surface area contributed by atoms with Crippen molar-refractivity contribution in [2.24, 2.45) is 0 Å². The molecule has 0 unspecified atom stereocenters. The van der Waals surface area contributed by atoms with Crippen molar-refractivity contribution in [3.05, 3.63) is 36.2 Å². The van der Waals surface area contributed by atoms with Gasteiger partial charge in [-0.2, -0.15) is 0 Å². The zero-order valence-electron chi connectivity index (χ0n) is 11.0. The molecule has 3 N–H and O–H groups in total. The lowest BCUT2D eigenvalue weighted by Gasteiger charge is -2.08. The van der Waals surface area contributed by atoms with E-state index in [0.717, 1.165) is 5.69 Å². The second-order valence-corrected chi connectivity index (χ2v) is 4.63. The molecule has 1 heterocycles. The maximum Gasteiger partial charge on any atom is 0.246 e. The first-order valence-corrected chi connectivity index (χ1v) is 6.09. The van der Waals surface area contributed by atoms with Gasteiger partial charge in [-0.25, -0.2) is 9.67 Å². The highest BCUT2D eigenvalue weighted by molar-refractivity contribution is 5.90. The van der Waals surface area contributed by atoms with Crippen LogP contribution < -0.4 is 11.1 Å². The molecule has 0 saturated carbocycles. The van der Waals surface area contributed by atoms with Crippen molar-refractivity contribution in [3.8, 4) is 0 Å². The number of amides is 1. The minimum atomic E-state index is -0.165. The zero-order valence-corrected chi connectivity index (χ0v) is 11.0. The van der Waals surface area contributed by atoms with Crippen LogP contribution in [0.25, 0.3) is 0 Å². The monoisotopic (exact) mass is 259 g/mol. The van der Waals surface area contributed by atoms with E-state index in [2.05, 4.69) is 29.2 Å². The predicted octanol–water partition coefficient (Wildman–Crippen LogP) is 1.62. The van der Waals surface area contributed by atoms with E-state index in [-0.39, 0.29) is 18.4 Å². The number of rotatable bonds is 4. The molecule has 0 radical (unpaired) electrons. The second kappa shape index (κ2) is 5.51. The van der Waals surface area contributed by atoms with E-state index < -0.39 is 0 Å². The average Bonchev–Trinajstić information content (AvgIpc) is 2.75. The molecular formula is C13H17N5O. The minimum absolute atomic E-state index is 0.0934. The van der Waals surface area contributed by atoms with Crippen LogP contribution in [-0.2, 0) is 11.3 Å². The van der Waals surface area contributed by atoms with Gasteiger partial charge in [-0.15, -0.1) is 5.10 Å². The van der Waals surface area contributed by atoms with E-state index in [1.165, 1.54) is 16.6 Å². The number of nitrogens with one attached hydrogen (secondary N) is 1. The van der Waals surface area contributed by atoms with Gasteiger partial charge in [0.05, 0.1) is 0 Å². The van der Waals surface area contributed by atoms with Crippen LogP contribution >= 0.6 is 0 Å². The molecule has 19 heavy (non-hydrogen) atoms. The highest BCUT2D eigenvalue weighted by Gasteiger charge is 2.06. The first-order valence-electron chi connectivity index (χ1n) is 6.09. The Morgan fingerprint density at radius 2 is 2.05 bits per heavy atom. The van der Waals surface area contributed by atoms with Crippen molar-refractivity contribution in [2.75, 3.05) is 11.1 Å². The SMILES string of the molecule is CC(C)c1ccc(NC(=O)Cn2cnc(N)n2)cc1. The van der Waals surface area contributed by atoms with Crippen LogP contribution in [0.3, 0.4) is 0 Å². The van der Waals surface area contributed by atoms with Crippen LogP contribution in [-0.4, -0.2) is 20.7 Å². The third-order valence-corrected chi connectivity index (χ3v) is 2.72. The first-order chi connectivity index (χ1) is 9.04. The van der Waals surface area contributed by atoms with Gasteiger partial charge in [-0.3, -0.25) is 4.79 Å². The van der Waals surface area contributed by atoms with Crippen molar-refractivity contribution in [2.45, 2.75) is 26.3 Å². The van der Waals surface area contributed by atoms with E-state index in [1.807, 2.05) is 24.3 Å². The number of anilines is 2. The van der Waals surface area contributed by atoms with E-state index in [4.69, 9.17) is 5.73 Å². The van der Waals surface area contributed by atoms with Gasteiger partial charge < -0.3 is 11.1 Å². The van der Waals surface area contributed by atoms with Gasteiger partial charge in [-0.05, 0) is 23.6 Å². The summed E-state index contributed by atoms with van der Waals surface area (Å²) in [6, 6.07) is 7.80. The fourth-order valence-electron chi connectivity index (χ4n) is 1.68. The normalized spacial score (nSPS) is 10.7. The number of benzene rings is 1. The Bertz CT molecular complexity index is 559. The van der Waals surface area contributed by atoms with Crippen molar-refractivity contribution in [3.63, 3.8) is 0 Å². The molecule has 1 amide bonds. The molecule has 0 atom stereocenters. The maximum absolute atomic E-state index is 11.8. The number of aromatic nitrogens is 3. The average molecular weight is 259 g/mol. The molecule has 0 spiro atoms. The molecule has 0 bridgehead atoms. The molecule has 6 nitrogen and oxygen atoms in total. The Hall–Kier alpha value is -2.37. The smallest absolute Gasteiger partial charge is 0.246 e. The third-order valence-electron chi connectivity index (χ3n) is 2.72. The van der Waals surface area contributed by atoms with Gasteiger partial charge in [0.2, 0.25) is 11.9 Å². The van der Waals surface area contributed by atoms with E-state index in [1.54, 1.807) is 0 Å². The largest absolute Gasteiger partial charge is 0.367 e. The molecule has 1 aromatic heterocycles. The van der Waals surface area contributed by atoms with Crippen LogP contribution in [0.5, 0.6) is 0 Å². The standard InChI is InChI=1S/C13H17N5O/c1-9(2)10-3-5-11(6-4-10)16-12(19)7-18-8-15-13(14)17-18/h3-6,8-9H,7H2,1-2H3,(H2,14,17)(H,16,19). The number of carbonyl (C=O) groups is 1. The molecule has 0 aliphatic carbocycles. The number of nitrogens with two attached hydrogens (primary N) is 1. The summed E-state index contributed by atoms with van der Waals surface area (Å²) in [7, 11) is 0. The number of hydrogen-bond donors (Lipinski definition) is 2. The van der Waals surface area contributed by atoms with E-state index >= 15 is 0 Å². The summed E-state index contributed by atoms with van der Waals surface area (Å²) in [5.74, 6) is 0.471. The topological polar surface area (TPSA) is 85.8 Å². The zero-order chi connectivity index (χ0) is 13.8. The Kier molecular flexibility index (Phi) is 3.79. The van der Waals surface area contributed by atoms with Gasteiger partial charge in [0.1, 0.15) is 12.9 Å². The van der Waals surface area contributed by atoms with Crippen LogP contribution in [0.2, 0.25) is 0 Å². The molecule has 6 heteroatoms. The Morgan fingerprint density at radius 1 is 1.37 bits per heavy atom. The Morgan fingerprint density at radius 3 is 2.58 bits per heavy atom. The van der Waals surface area contributed by atoms with Gasteiger partial charge >= 0.3 is 0 Å². The fraction of sp³-hybridized carbons (Fsp3) is 0.308. The molecule has 100 valence electrons. The predicted molar refractivity (Wildman–Crippen MR) is 73.6 cm³/mol. The molecule has 1 aromatic carbocycles. The lowest BCUT2D eigenvalue weighted by Crippen LogP contribution is -2.19. The number of hydrogen-bond acceptors (Lipinski definition) is 4. The summed E-state index contributed by atoms with van der Waals surface area (Å²) in [6.45, 7) is 4.35. The molecule has 0 fully saturated rings. The van der Waals surface area contributed by atoms with Gasteiger partial charge in [0.25, 0.3) is 0 Å². The lowest BCUT2D eigenvalue weighted by molar-refractivity contribution is -0.116. The molecule has 0 aliphatic heterocycles. The molecule has 0 aliphatic rings. The summed E-state index contributed by atoms with van der Waals surface area (Å²) in [5.41, 5.74) is 7.38. The maximum atomic E-state index is 11.8. The first kappa shape index (κ1) is 13.1. The second-order valence-electron chi connectivity index (χ2n) is 4.63. The summed E-state index contributed by atoms with van der Waals surface area (Å²) in [4.78, 5) is 15.5. The van der Waals surface area contributed by atoms with Crippen molar-refractivity contribution in [1.29, 1.82) is 0 Å². The van der Waals surface area contributed by atoms with E-state index in [0.29, 0.717) is 5.92 Å². The van der Waals surface area contributed by atoms with Crippen LogP contribution in [0.1, 0.15) is 25.3 Å². The minimum Gasteiger partial charge on any atom is -0.367 e. The highest BCUT2D eigenvalue weighted by atomic mass is 16.2. The molecule has 2 rings (SSSR count).